The van der Waals surface area contributed by atoms with Gasteiger partial charge in [0.1, 0.15) is 0 Å². The van der Waals surface area contributed by atoms with E-state index in [1.165, 1.54) is 6.42 Å². The number of carbonyl (C=O) groups excluding carboxylic acids is 3. The fourth-order valence-corrected chi connectivity index (χ4v) is 4.10. The average Bonchev–Trinajstić information content (AvgIpc) is 3.10. The second-order valence-electron chi connectivity index (χ2n) is 10.1. The van der Waals surface area contributed by atoms with Crippen molar-refractivity contribution in [1.29, 1.82) is 0 Å². The first kappa shape index (κ1) is 41.1. The Morgan fingerprint density at radius 3 is 1.02 bits per heavy atom. The highest BCUT2D eigenvalue weighted by Gasteiger charge is 2.05. The zero-order chi connectivity index (χ0) is 33.4. The lowest BCUT2D eigenvalue weighted by atomic mass is 10.1. The van der Waals surface area contributed by atoms with E-state index in [9.17, 15) is 14.4 Å². The second-order valence-corrected chi connectivity index (χ2v) is 10.1. The summed E-state index contributed by atoms with van der Waals surface area (Å²) in [5.41, 5.74) is 2.39. The Morgan fingerprint density at radius 1 is 0.467 bits per heavy atom. The molecular weight excluding hydrogens is 576 g/mol. The smallest absolute Gasteiger partial charge is 0.162 e. The monoisotopic (exact) mass is 624 g/mol. The lowest BCUT2D eigenvalue weighted by molar-refractivity contribution is -0.242. The Balaban J connectivity index is 0.000000629. The normalized spacial score (nSPS) is 9.76. The van der Waals surface area contributed by atoms with Crippen molar-refractivity contribution in [3.8, 4) is 0 Å². The fourth-order valence-electron chi connectivity index (χ4n) is 4.10. The summed E-state index contributed by atoms with van der Waals surface area (Å²) in [7, 11) is 0. The van der Waals surface area contributed by atoms with Gasteiger partial charge in [0, 0.05) is 45.9 Å². The van der Waals surface area contributed by atoms with E-state index in [0.29, 0.717) is 32.5 Å². The summed E-state index contributed by atoms with van der Waals surface area (Å²) in [5, 5.41) is 16.2. The van der Waals surface area contributed by atoms with Crippen LogP contribution in [0, 0.1) is 9.93 Å². The molecule has 0 unspecified atom stereocenters. The van der Waals surface area contributed by atoms with Crippen LogP contribution in [0.25, 0.3) is 0 Å². The van der Waals surface area contributed by atoms with Crippen molar-refractivity contribution in [2.24, 2.45) is 0 Å². The zero-order valence-electron chi connectivity index (χ0n) is 26.3. The van der Waals surface area contributed by atoms with Crippen molar-refractivity contribution in [2.75, 3.05) is 13.2 Å². The van der Waals surface area contributed by atoms with Crippen LogP contribution in [0.4, 0.5) is 0 Å². The standard InChI is InChI=1S/2C12H16O3.C12H16O.O2/c2*13-12(9-5-2-6-10-15-14)11-7-3-1-4-8-11;1-2-3-5-10-12(13)11-8-6-4-7-9-11;1-2/h2*1,3-4,7-8,14H,2,5-6,9-10H2;4,6-9H,2-3,5,10H2,1H3;. The quantitative estimate of drug-likeness (QED) is 0.0576. The predicted molar refractivity (Wildman–Crippen MR) is 177 cm³/mol. The molecule has 246 valence electrons. The molecule has 0 bridgehead atoms. The van der Waals surface area contributed by atoms with Gasteiger partial charge in [-0.15, -0.1) is 0 Å². The van der Waals surface area contributed by atoms with Crippen molar-refractivity contribution >= 4 is 17.3 Å². The number of hydrogen-bond donors (Lipinski definition) is 2. The molecule has 0 saturated carbocycles. The average molecular weight is 625 g/mol. The van der Waals surface area contributed by atoms with Gasteiger partial charge >= 0.3 is 0 Å². The Morgan fingerprint density at radius 2 is 0.756 bits per heavy atom. The first-order valence-corrected chi connectivity index (χ1v) is 15.5. The molecule has 0 saturated heterocycles. The Kier molecular flexibility index (Phi) is 27.5. The van der Waals surface area contributed by atoms with E-state index in [1.807, 2.05) is 91.0 Å². The number of hydrogen-bond acceptors (Lipinski definition) is 9. The van der Waals surface area contributed by atoms with Gasteiger partial charge in [-0.2, -0.15) is 0 Å². The van der Waals surface area contributed by atoms with Gasteiger partial charge in [0.25, 0.3) is 0 Å². The van der Waals surface area contributed by atoms with Gasteiger partial charge in [0.15, 0.2) is 17.3 Å². The van der Waals surface area contributed by atoms with Crippen molar-refractivity contribution in [3.63, 3.8) is 0 Å². The number of rotatable bonds is 19. The third-order valence-electron chi connectivity index (χ3n) is 6.57. The molecule has 0 atom stereocenters. The van der Waals surface area contributed by atoms with Crippen molar-refractivity contribution in [3.05, 3.63) is 118 Å². The minimum atomic E-state index is 0.181. The molecule has 9 nitrogen and oxygen atoms in total. The minimum Gasteiger partial charge on any atom is -0.294 e. The van der Waals surface area contributed by atoms with Gasteiger partial charge in [-0.1, -0.05) is 124 Å². The topological polar surface area (TPSA) is 144 Å². The van der Waals surface area contributed by atoms with E-state index in [1.54, 1.807) is 0 Å². The van der Waals surface area contributed by atoms with E-state index < -0.39 is 0 Å². The lowest BCUT2D eigenvalue weighted by Gasteiger charge is -2.00. The molecule has 9 heteroatoms. The second kappa shape index (κ2) is 30.1. The van der Waals surface area contributed by atoms with Gasteiger partial charge < -0.3 is 0 Å². The molecule has 3 aromatic carbocycles. The van der Waals surface area contributed by atoms with Crippen molar-refractivity contribution in [2.45, 2.75) is 84.0 Å². The van der Waals surface area contributed by atoms with Crippen molar-refractivity contribution < 1.29 is 34.7 Å². The van der Waals surface area contributed by atoms with E-state index in [-0.39, 0.29) is 17.3 Å². The number of carbonyl (C=O) groups is 3. The Hall–Kier alpha value is -3.89. The summed E-state index contributed by atoms with van der Waals surface area (Å²) in [6.45, 7) is 2.84. The summed E-state index contributed by atoms with van der Waals surface area (Å²) in [4.78, 5) is 56.6. The third kappa shape index (κ3) is 22.3. The largest absolute Gasteiger partial charge is 0.294 e. The lowest BCUT2D eigenvalue weighted by Crippen LogP contribution is -1.98. The maximum absolute atomic E-state index is 11.6. The SMILES string of the molecule is CCCCCC(=O)c1ccccc1.O=C(CCCCCOO)c1ccccc1.O=C(CCCCCOO)c1ccccc1.O=O. The molecule has 2 N–H and O–H groups in total. The summed E-state index contributed by atoms with van der Waals surface area (Å²) in [6.07, 6.45) is 10.2. The first-order chi connectivity index (χ1) is 22.0. The molecule has 0 heterocycles. The molecule has 0 spiro atoms. The van der Waals surface area contributed by atoms with Crippen LogP contribution < -0.4 is 0 Å². The molecule has 0 radical (unpaired) electrons. The molecule has 3 aromatic rings. The van der Waals surface area contributed by atoms with Crippen LogP contribution in [0.3, 0.4) is 0 Å². The molecule has 3 rings (SSSR count). The third-order valence-corrected chi connectivity index (χ3v) is 6.57. The van der Waals surface area contributed by atoms with Gasteiger partial charge in [-0.05, 0) is 32.1 Å². The van der Waals surface area contributed by atoms with Crippen LogP contribution in [0.15, 0.2) is 91.0 Å². The number of benzene rings is 3. The summed E-state index contributed by atoms with van der Waals surface area (Å²) in [6, 6.07) is 28.1. The fraction of sp³-hybridized carbons (Fsp3) is 0.417. The maximum atomic E-state index is 11.6. The highest BCUT2D eigenvalue weighted by molar-refractivity contribution is 5.96. The molecular formula is C36H48O9. The van der Waals surface area contributed by atoms with Crippen LogP contribution in [-0.2, 0) is 9.78 Å². The summed E-state index contributed by atoms with van der Waals surface area (Å²) in [5.74, 6) is 0.634. The molecule has 0 aromatic heterocycles. The van der Waals surface area contributed by atoms with E-state index in [4.69, 9.17) is 20.4 Å². The predicted octanol–water partition coefficient (Wildman–Crippen LogP) is 9.36. The molecule has 0 aliphatic heterocycles. The maximum Gasteiger partial charge on any atom is 0.162 e. The Labute approximate surface area is 266 Å². The minimum absolute atomic E-state index is 0.181. The highest BCUT2D eigenvalue weighted by atomic mass is 17.1. The number of Topliss-reactive ketones (excluding diaryl/α,β-unsaturated/α-hetero) is 3. The molecule has 0 fully saturated rings. The van der Waals surface area contributed by atoms with Gasteiger partial charge in [-0.25, -0.2) is 9.78 Å². The van der Waals surface area contributed by atoms with Crippen LogP contribution in [-0.4, -0.2) is 41.1 Å². The molecule has 0 aliphatic carbocycles. The van der Waals surface area contributed by atoms with Crippen LogP contribution in [0.2, 0.25) is 0 Å². The zero-order valence-corrected chi connectivity index (χ0v) is 26.3. The van der Waals surface area contributed by atoms with Gasteiger partial charge in [0.2, 0.25) is 0 Å². The summed E-state index contributed by atoms with van der Waals surface area (Å²) < 4.78 is 0. The van der Waals surface area contributed by atoms with E-state index in [0.717, 1.165) is 68.1 Å². The molecule has 0 amide bonds. The van der Waals surface area contributed by atoms with Crippen LogP contribution >= 0.6 is 0 Å². The first-order valence-electron chi connectivity index (χ1n) is 15.5. The Bertz CT molecular complexity index is 1060. The molecule has 0 aliphatic rings. The van der Waals surface area contributed by atoms with Crippen LogP contribution in [0.5, 0.6) is 0 Å². The number of ketones is 3. The van der Waals surface area contributed by atoms with Gasteiger partial charge in [-0.3, -0.25) is 24.9 Å². The molecule has 45 heavy (non-hydrogen) atoms. The number of unbranched alkanes of at least 4 members (excludes halogenated alkanes) is 6. The van der Waals surface area contributed by atoms with Crippen LogP contribution in [0.1, 0.15) is 115 Å². The van der Waals surface area contributed by atoms with Gasteiger partial charge in [0.05, 0.1) is 13.2 Å². The van der Waals surface area contributed by atoms with Crippen molar-refractivity contribution in [1.82, 2.24) is 0 Å². The van der Waals surface area contributed by atoms with E-state index >= 15 is 0 Å². The highest BCUT2D eigenvalue weighted by Crippen LogP contribution is 2.09. The summed E-state index contributed by atoms with van der Waals surface area (Å²) >= 11 is 0. The van der Waals surface area contributed by atoms with E-state index in [2.05, 4.69) is 16.7 Å².